The molecule has 2 unspecified atom stereocenters. The first-order chi connectivity index (χ1) is 8.22. The Morgan fingerprint density at radius 2 is 2.29 bits per heavy atom. The number of hydrogen-bond donors (Lipinski definition) is 2. The second kappa shape index (κ2) is 5.73. The van der Waals surface area contributed by atoms with Crippen molar-refractivity contribution in [2.75, 3.05) is 6.54 Å². The number of halogens is 1. The van der Waals surface area contributed by atoms with Crippen molar-refractivity contribution < 1.29 is 5.11 Å². The topological polar surface area (TPSA) is 59.1 Å². The van der Waals surface area contributed by atoms with E-state index in [4.69, 9.17) is 5.73 Å². The lowest BCUT2D eigenvalue weighted by atomic mass is 9.93. The number of aromatic nitrogens is 1. The smallest absolute Gasteiger partial charge is 0.0978 e. The highest BCUT2D eigenvalue weighted by molar-refractivity contribution is 9.10. The zero-order chi connectivity index (χ0) is 12.3. The van der Waals surface area contributed by atoms with Crippen LogP contribution in [0.3, 0.4) is 0 Å². The molecule has 0 saturated carbocycles. The van der Waals surface area contributed by atoms with Crippen molar-refractivity contribution in [1.29, 1.82) is 0 Å². The van der Waals surface area contributed by atoms with Gasteiger partial charge in [-0.15, -0.1) is 11.3 Å². The average molecular weight is 313 g/mol. The maximum Gasteiger partial charge on any atom is 0.0978 e. The Kier molecular flexibility index (Phi) is 4.28. The lowest BCUT2D eigenvalue weighted by Crippen LogP contribution is -2.19. The summed E-state index contributed by atoms with van der Waals surface area (Å²) in [5.74, 6) is -0.104. The summed E-state index contributed by atoms with van der Waals surface area (Å²) in [7, 11) is 0. The molecule has 2 atom stereocenters. The molecule has 0 fully saturated rings. The molecule has 0 aliphatic carbocycles. The summed E-state index contributed by atoms with van der Waals surface area (Å²) < 4.78 is 0.991. The monoisotopic (exact) mass is 312 g/mol. The Hall–Kier alpha value is -0.750. The maximum absolute atomic E-state index is 10.3. The van der Waals surface area contributed by atoms with E-state index in [0.29, 0.717) is 6.54 Å². The van der Waals surface area contributed by atoms with Gasteiger partial charge in [-0.3, -0.25) is 4.98 Å². The van der Waals surface area contributed by atoms with Crippen molar-refractivity contribution in [3.63, 3.8) is 0 Å². The molecule has 0 amide bonds. The highest BCUT2D eigenvalue weighted by Gasteiger charge is 2.22. The van der Waals surface area contributed by atoms with Gasteiger partial charge in [0.15, 0.2) is 0 Å². The van der Waals surface area contributed by atoms with Crippen LogP contribution in [0, 0.1) is 0 Å². The molecule has 0 spiro atoms. The summed E-state index contributed by atoms with van der Waals surface area (Å²) in [6, 6.07) is 7.87. The van der Waals surface area contributed by atoms with E-state index in [1.54, 1.807) is 11.7 Å². The number of nitrogens with two attached hydrogens (primary N) is 1. The minimum atomic E-state index is -0.596. The van der Waals surface area contributed by atoms with Crippen LogP contribution in [0.25, 0.3) is 0 Å². The highest BCUT2D eigenvalue weighted by atomic mass is 79.9. The molecule has 2 aromatic rings. The quantitative estimate of drug-likeness (QED) is 0.912. The molecular formula is C12H13BrN2OS. The number of thiazole rings is 1. The molecule has 90 valence electrons. The van der Waals surface area contributed by atoms with Gasteiger partial charge in [-0.2, -0.15) is 0 Å². The Morgan fingerprint density at radius 3 is 2.88 bits per heavy atom. The fraction of sp³-hybridized carbons (Fsp3) is 0.250. The Labute approximate surface area is 112 Å². The van der Waals surface area contributed by atoms with E-state index >= 15 is 0 Å². The largest absolute Gasteiger partial charge is 0.387 e. The van der Waals surface area contributed by atoms with E-state index in [-0.39, 0.29) is 5.92 Å². The van der Waals surface area contributed by atoms with Crippen molar-refractivity contribution >= 4 is 27.3 Å². The molecule has 17 heavy (non-hydrogen) atoms. The van der Waals surface area contributed by atoms with Crippen LogP contribution in [0.15, 0.2) is 40.4 Å². The average Bonchev–Trinajstić information content (AvgIpc) is 2.83. The summed E-state index contributed by atoms with van der Waals surface area (Å²) in [5.41, 5.74) is 8.52. The van der Waals surface area contributed by atoms with Crippen molar-refractivity contribution in [2.24, 2.45) is 5.73 Å². The van der Waals surface area contributed by atoms with E-state index in [9.17, 15) is 5.11 Å². The summed E-state index contributed by atoms with van der Waals surface area (Å²) in [6.45, 7) is 0.398. The minimum Gasteiger partial charge on any atom is -0.387 e. The summed E-state index contributed by atoms with van der Waals surface area (Å²) in [6.07, 6.45) is 1.09. The van der Waals surface area contributed by atoms with Gasteiger partial charge >= 0.3 is 0 Å². The lowest BCUT2D eigenvalue weighted by molar-refractivity contribution is 0.151. The van der Waals surface area contributed by atoms with Crippen LogP contribution in [-0.4, -0.2) is 16.6 Å². The molecule has 3 nitrogen and oxygen atoms in total. The number of benzene rings is 1. The van der Waals surface area contributed by atoms with Gasteiger partial charge in [0.05, 0.1) is 16.5 Å². The van der Waals surface area contributed by atoms with Gasteiger partial charge in [-0.1, -0.05) is 28.1 Å². The van der Waals surface area contributed by atoms with E-state index in [0.717, 1.165) is 14.9 Å². The van der Waals surface area contributed by atoms with Gasteiger partial charge in [0, 0.05) is 23.1 Å². The van der Waals surface area contributed by atoms with E-state index in [2.05, 4.69) is 20.9 Å². The first-order valence-corrected chi connectivity index (χ1v) is 6.91. The Morgan fingerprint density at radius 1 is 1.47 bits per heavy atom. The van der Waals surface area contributed by atoms with Crippen LogP contribution >= 0.6 is 27.3 Å². The lowest BCUT2D eigenvalue weighted by Gasteiger charge is -2.20. The third kappa shape index (κ3) is 2.93. The van der Waals surface area contributed by atoms with Gasteiger partial charge in [-0.05, 0) is 17.7 Å². The normalized spacial score (nSPS) is 14.5. The molecule has 0 radical (unpaired) electrons. The number of nitrogens with zero attached hydrogens (tertiary/aromatic N) is 1. The van der Waals surface area contributed by atoms with E-state index < -0.39 is 6.10 Å². The van der Waals surface area contributed by atoms with Crippen molar-refractivity contribution in [2.45, 2.75) is 12.0 Å². The zero-order valence-corrected chi connectivity index (χ0v) is 11.5. The van der Waals surface area contributed by atoms with Crippen molar-refractivity contribution in [3.05, 3.63) is 50.9 Å². The van der Waals surface area contributed by atoms with Gasteiger partial charge in [-0.25, -0.2) is 0 Å². The summed E-state index contributed by atoms with van der Waals surface area (Å²) in [4.78, 5) is 4.83. The molecule has 2 rings (SSSR count). The van der Waals surface area contributed by atoms with E-state index in [1.807, 2.05) is 24.3 Å². The second-order valence-electron chi connectivity index (χ2n) is 3.75. The highest BCUT2D eigenvalue weighted by Crippen LogP contribution is 2.32. The molecule has 5 heteroatoms. The third-order valence-electron chi connectivity index (χ3n) is 2.65. The first kappa shape index (κ1) is 12.7. The fourth-order valence-electron chi connectivity index (χ4n) is 1.75. The van der Waals surface area contributed by atoms with Gasteiger partial charge in [0.25, 0.3) is 0 Å². The Bertz CT molecular complexity index is 475. The molecular weight excluding hydrogens is 300 g/mol. The predicted octanol–water partition coefficient (Wildman–Crippen LogP) is 2.68. The van der Waals surface area contributed by atoms with Gasteiger partial charge < -0.3 is 10.8 Å². The molecule has 0 saturated heterocycles. The molecule has 1 aromatic heterocycles. The van der Waals surface area contributed by atoms with E-state index in [1.165, 1.54) is 11.3 Å². The van der Waals surface area contributed by atoms with Crippen molar-refractivity contribution in [3.8, 4) is 0 Å². The first-order valence-electron chi connectivity index (χ1n) is 5.24. The summed E-state index contributed by atoms with van der Waals surface area (Å²) >= 11 is 4.87. The molecule has 1 aromatic carbocycles. The molecule has 0 bridgehead atoms. The van der Waals surface area contributed by atoms with Crippen LogP contribution in [0.5, 0.6) is 0 Å². The SMILES string of the molecule is NCC(c1cccc(Br)c1)C(O)c1cncs1. The molecule has 0 aliphatic rings. The third-order valence-corrected chi connectivity index (χ3v) is 3.99. The van der Waals surface area contributed by atoms with Crippen LogP contribution in [0.1, 0.15) is 22.5 Å². The number of aliphatic hydroxyl groups is 1. The zero-order valence-electron chi connectivity index (χ0n) is 9.08. The molecule has 3 N–H and O–H groups in total. The number of aliphatic hydroxyl groups excluding tert-OH is 1. The van der Waals surface area contributed by atoms with Gasteiger partial charge in [0.1, 0.15) is 0 Å². The standard InChI is InChI=1S/C12H13BrN2OS/c13-9-3-1-2-8(4-9)10(5-14)12(16)11-6-15-7-17-11/h1-4,6-7,10,12,16H,5,14H2. The number of rotatable bonds is 4. The predicted molar refractivity (Wildman–Crippen MR) is 73.0 cm³/mol. The Balaban J connectivity index is 2.27. The second-order valence-corrected chi connectivity index (χ2v) is 5.58. The van der Waals surface area contributed by atoms with Gasteiger partial charge in [0.2, 0.25) is 0 Å². The van der Waals surface area contributed by atoms with Crippen molar-refractivity contribution in [1.82, 2.24) is 4.98 Å². The van der Waals surface area contributed by atoms with Crippen LogP contribution in [0.4, 0.5) is 0 Å². The van der Waals surface area contributed by atoms with Crippen LogP contribution < -0.4 is 5.73 Å². The molecule has 0 aliphatic heterocycles. The number of hydrogen-bond acceptors (Lipinski definition) is 4. The fourth-order valence-corrected chi connectivity index (χ4v) is 2.84. The molecule has 1 heterocycles. The van der Waals surface area contributed by atoms with Crippen LogP contribution in [-0.2, 0) is 0 Å². The summed E-state index contributed by atoms with van der Waals surface area (Å²) in [5, 5.41) is 10.3. The van der Waals surface area contributed by atoms with Crippen LogP contribution in [0.2, 0.25) is 0 Å². The maximum atomic E-state index is 10.3. The minimum absolute atomic E-state index is 0.104.